The van der Waals surface area contributed by atoms with Crippen LogP contribution >= 0.6 is 0 Å². The van der Waals surface area contributed by atoms with Gasteiger partial charge in [-0.1, -0.05) is 0 Å². The van der Waals surface area contributed by atoms with Gasteiger partial charge in [0.1, 0.15) is 23.4 Å². The lowest BCUT2D eigenvalue weighted by Gasteiger charge is -2.13. The highest BCUT2D eigenvalue weighted by atomic mass is 16.6. The van der Waals surface area contributed by atoms with E-state index in [1.165, 1.54) is 19.2 Å². The summed E-state index contributed by atoms with van der Waals surface area (Å²) in [6, 6.07) is 4.39. The first-order valence-electron chi connectivity index (χ1n) is 10.7. The van der Waals surface area contributed by atoms with Crippen molar-refractivity contribution in [3.05, 3.63) is 29.5 Å². The second kappa shape index (κ2) is 11.9. The maximum atomic E-state index is 12.3. The Hall–Kier alpha value is -3.80. The monoisotopic (exact) mass is 476 g/mol. The number of aldehydes is 1. The average Bonchev–Trinajstić information content (AvgIpc) is 3.47. The van der Waals surface area contributed by atoms with Gasteiger partial charge >= 0.3 is 6.09 Å². The number of alkyl carbamates (subject to hydrolysis) is 1. The Balaban J connectivity index is 1.49. The van der Waals surface area contributed by atoms with E-state index in [0.29, 0.717) is 31.7 Å². The molecular formula is C22H28N4O8. The van der Waals surface area contributed by atoms with E-state index in [0.717, 1.165) is 18.5 Å². The zero-order chi connectivity index (χ0) is 24.5. The van der Waals surface area contributed by atoms with Crippen molar-refractivity contribution in [3.8, 4) is 17.2 Å². The van der Waals surface area contributed by atoms with Crippen molar-refractivity contribution in [3.63, 3.8) is 0 Å². The lowest BCUT2D eigenvalue weighted by Crippen LogP contribution is -2.30. The summed E-state index contributed by atoms with van der Waals surface area (Å²) < 4.78 is 20.7. The minimum atomic E-state index is -0.502. The molecule has 2 aromatic rings. The van der Waals surface area contributed by atoms with Crippen LogP contribution in [0.1, 0.15) is 41.2 Å². The number of carbonyl (C=O) groups excluding carboxylic acids is 3. The molecule has 1 saturated carbocycles. The summed E-state index contributed by atoms with van der Waals surface area (Å²) in [5.74, 6) is -0.0873. The first-order valence-corrected chi connectivity index (χ1v) is 10.7. The first kappa shape index (κ1) is 24.8. The number of nitrogens with one attached hydrogen (secondary N) is 3. The Kier molecular flexibility index (Phi) is 8.68. The number of H-pyrrole nitrogens is 1. The zero-order valence-electron chi connectivity index (χ0n) is 19.0. The lowest BCUT2D eigenvalue weighted by molar-refractivity contribution is -0.118. The fraction of sp³-hybridized carbons (Fsp3) is 0.455. The van der Waals surface area contributed by atoms with E-state index in [-0.39, 0.29) is 34.8 Å². The van der Waals surface area contributed by atoms with Gasteiger partial charge in [0.2, 0.25) is 0 Å². The number of phenolic OH excluding ortho intramolecular Hbond substituents is 1. The average molecular weight is 476 g/mol. The van der Waals surface area contributed by atoms with E-state index >= 15 is 0 Å². The number of methoxy groups -OCH3 is 2. The Morgan fingerprint density at radius 2 is 2.09 bits per heavy atom. The Bertz CT molecular complexity index is 1010. The van der Waals surface area contributed by atoms with Gasteiger partial charge in [-0.2, -0.15) is 5.10 Å². The van der Waals surface area contributed by atoms with Crippen LogP contribution in [-0.4, -0.2) is 73.7 Å². The smallest absolute Gasteiger partial charge is 0.407 e. The van der Waals surface area contributed by atoms with Gasteiger partial charge in [0.15, 0.2) is 18.7 Å². The third kappa shape index (κ3) is 6.61. The largest absolute Gasteiger partial charge is 0.507 e. The van der Waals surface area contributed by atoms with Crippen LogP contribution in [0.5, 0.6) is 17.2 Å². The van der Waals surface area contributed by atoms with Gasteiger partial charge in [0, 0.05) is 43.5 Å². The minimum absolute atomic E-state index is 0.0213. The van der Waals surface area contributed by atoms with Crippen LogP contribution in [0.2, 0.25) is 0 Å². The fourth-order valence-corrected chi connectivity index (χ4v) is 3.65. The number of hydrogen-bond acceptors (Lipinski definition) is 9. The van der Waals surface area contributed by atoms with Crippen LogP contribution in [0.25, 0.3) is 0 Å². The molecule has 1 heterocycles. The molecule has 1 aromatic carbocycles. The molecule has 4 N–H and O–H groups in total. The third-order valence-corrected chi connectivity index (χ3v) is 5.34. The molecular weight excluding hydrogens is 448 g/mol. The van der Waals surface area contributed by atoms with Gasteiger partial charge in [0.25, 0.3) is 5.91 Å². The van der Waals surface area contributed by atoms with E-state index in [9.17, 15) is 19.5 Å². The van der Waals surface area contributed by atoms with Crippen LogP contribution in [0.4, 0.5) is 10.6 Å². The number of carbonyl (C=O) groups is 3. The molecule has 1 fully saturated rings. The molecule has 0 aliphatic heterocycles. The fourth-order valence-electron chi connectivity index (χ4n) is 3.65. The third-order valence-electron chi connectivity index (χ3n) is 5.34. The van der Waals surface area contributed by atoms with Crippen molar-refractivity contribution in [2.24, 2.45) is 0 Å². The molecule has 2 amide bonds. The number of aromatic nitrogens is 2. The van der Waals surface area contributed by atoms with Crippen LogP contribution in [-0.2, 0) is 14.3 Å². The molecule has 184 valence electrons. The summed E-state index contributed by atoms with van der Waals surface area (Å²) in [6.45, 7) is 0.387. The van der Waals surface area contributed by atoms with Crippen LogP contribution in [0, 0.1) is 0 Å². The van der Waals surface area contributed by atoms with Crippen LogP contribution in [0.3, 0.4) is 0 Å². The van der Waals surface area contributed by atoms with Crippen molar-refractivity contribution in [2.75, 3.05) is 39.3 Å². The second-order valence-electron chi connectivity index (χ2n) is 7.68. The normalized spacial score (nSPS) is 17.1. The number of anilines is 1. The summed E-state index contributed by atoms with van der Waals surface area (Å²) in [6.07, 6.45) is 1.94. The Morgan fingerprint density at radius 3 is 2.82 bits per heavy atom. The predicted molar refractivity (Wildman–Crippen MR) is 119 cm³/mol. The predicted octanol–water partition coefficient (Wildman–Crippen LogP) is 1.96. The number of phenols is 1. The summed E-state index contributed by atoms with van der Waals surface area (Å²) >= 11 is 0. The molecule has 0 spiro atoms. The van der Waals surface area contributed by atoms with Gasteiger partial charge in [-0.25, -0.2) is 4.79 Å². The summed E-state index contributed by atoms with van der Waals surface area (Å²) in [4.78, 5) is 35.3. The molecule has 3 rings (SSSR count). The minimum Gasteiger partial charge on any atom is -0.507 e. The van der Waals surface area contributed by atoms with Crippen molar-refractivity contribution in [1.82, 2.24) is 15.5 Å². The van der Waals surface area contributed by atoms with Gasteiger partial charge in [-0.3, -0.25) is 14.7 Å². The maximum Gasteiger partial charge on any atom is 0.407 e. The van der Waals surface area contributed by atoms with Crippen molar-refractivity contribution < 1.29 is 38.4 Å². The molecule has 1 aromatic heterocycles. The van der Waals surface area contributed by atoms with E-state index in [4.69, 9.17) is 18.9 Å². The standard InChI is InChI=1S/C22H28N4O8/c1-31-6-5-23-22(30)34-14-4-3-13(7-14)17-10-20(26-25-17)24-21(29)12-33-19-9-15(32-2)8-18(28)16(19)11-27/h8-11,13-14,28H,3-7,12H2,1-2H3,(H,23,30)(H2,24,25,26,29)/t13-,14?/m0/s1. The summed E-state index contributed by atoms with van der Waals surface area (Å²) in [5.41, 5.74) is 0.740. The number of rotatable bonds is 11. The van der Waals surface area contributed by atoms with E-state index in [1.54, 1.807) is 13.2 Å². The topological polar surface area (TPSA) is 161 Å². The lowest BCUT2D eigenvalue weighted by atomic mass is 10.0. The maximum absolute atomic E-state index is 12.3. The highest BCUT2D eigenvalue weighted by molar-refractivity contribution is 5.91. The number of ether oxygens (including phenoxy) is 4. The number of benzene rings is 1. The SMILES string of the molecule is COCCNC(=O)OC1CC[C@H](c2cc(NC(=O)COc3cc(OC)cc(O)c3C=O)n[nH]2)C1. The molecule has 34 heavy (non-hydrogen) atoms. The zero-order valence-corrected chi connectivity index (χ0v) is 19.0. The Morgan fingerprint density at radius 1 is 1.26 bits per heavy atom. The molecule has 0 radical (unpaired) electrons. The van der Waals surface area contributed by atoms with Gasteiger partial charge in [-0.05, 0) is 19.3 Å². The summed E-state index contributed by atoms with van der Waals surface area (Å²) in [7, 11) is 2.95. The van der Waals surface area contributed by atoms with Gasteiger partial charge < -0.3 is 34.7 Å². The van der Waals surface area contributed by atoms with Crippen molar-refractivity contribution >= 4 is 24.1 Å². The van der Waals surface area contributed by atoms with Crippen molar-refractivity contribution in [1.29, 1.82) is 0 Å². The van der Waals surface area contributed by atoms with E-state index in [2.05, 4.69) is 20.8 Å². The van der Waals surface area contributed by atoms with Gasteiger partial charge in [-0.15, -0.1) is 0 Å². The number of aromatic amines is 1. The number of nitrogens with zero attached hydrogens (tertiary/aromatic N) is 1. The molecule has 1 aliphatic rings. The highest BCUT2D eigenvalue weighted by Crippen LogP contribution is 2.36. The summed E-state index contributed by atoms with van der Waals surface area (Å²) in [5, 5.41) is 22.1. The molecule has 1 aliphatic carbocycles. The van der Waals surface area contributed by atoms with Crippen LogP contribution < -0.4 is 20.1 Å². The molecule has 0 bridgehead atoms. The molecule has 1 unspecified atom stereocenters. The number of amides is 2. The number of hydrogen-bond donors (Lipinski definition) is 4. The van der Waals surface area contributed by atoms with Crippen molar-refractivity contribution in [2.45, 2.75) is 31.3 Å². The Labute approximate surface area is 195 Å². The highest BCUT2D eigenvalue weighted by Gasteiger charge is 2.30. The molecule has 2 atom stereocenters. The molecule has 12 heteroatoms. The van der Waals surface area contributed by atoms with Gasteiger partial charge in [0.05, 0.1) is 19.3 Å². The molecule has 0 saturated heterocycles. The first-order chi connectivity index (χ1) is 16.4. The molecule has 12 nitrogen and oxygen atoms in total. The van der Waals surface area contributed by atoms with E-state index < -0.39 is 18.6 Å². The quantitative estimate of drug-likeness (QED) is 0.281. The second-order valence-corrected chi connectivity index (χ2v) is 7.68. The van der Waals surface area contributed by atoms with E-state index in [1.807, 2.05) is 0 Å². The van der Waals surface area contributed by atoms with Crippen LogP contribution in [0.15, 0.2) is 18.2 Å². The number of aromatic hydroxyl groups is 1.